The second-order valence-corrected chi connectivity index (χ2v) is 4.28. The molecule has 7 nitrogen and oxygen atoms in total. The van der Waals surface area contributed by atoms with Crippen LogP contribution in [0.4, 0.5) is 0 Å². The summed E-state index contributed by atoms with van der Waals surface area (Å²) in [7, 11) is 1.79. The van der Waals surface area contributed by atoms with Crippen LogP contribution < -0.4 is 5.73 Å². The van der Waals surface area contributed by atoms with Gasteiger partial charge in [0.2, 0.25) is 5.16 Å². The number of amidine groups is 1. The van der Waals surface area contributed by atoms with Gasteiger partial charge in [-0.1, -0.05) is 11.8 Å². The number of rotatable bonds is 4. The Morgan fingerprint density at radius 2 is 2.41 bits per heavy atom. The highest BCUT2D eigenvalue weighted by Gasteiger charge is 2.05. The molecule has 0 saturated heterocycles. The Labute approximate surface area is 102 Å². The lowest BCUT2D eigenvalue weighted by molar-refractivity contribution is 0.664. The van der Waals surface area contributed by atoms with Crippen molar-refractivity contribution in [2.24, 2.45) is 12.8 Å². The second-order valence-electron chi connectivity index (χ2n) is 3.34. The summed E-state index contributed by atoms with van der Waals surface area (Å²) in [6, 6.07) is 3.67. The standard InChI is InChI=1S/C9H11N7S/c1-16-9(13-14-15-16)17-5-6-2-3-12-7(4-6)8(10)11/h2-4H,5H2,1H3,(H3,10,11). The van der Waals surface area contributed by atoms with E-state index in [1.807, 2.05) is 6.07 Å². The third-order valence-electron chi connectivity index (χ3n) is 2.05. The number of nitrogens with zero attached hydrogens (tertiary/aromatic N) is 5. The molecule has 2 rings (SSSR count). The number of thioether (sulfide) groups is 1. The Hall–Kier alpha value is -1.96. The number of nitrogen functional groups attached to an aromatic ring is 1. The van der Waals surface area contributed by atoms with Gasteiger partial charge >= 0.3 is 0 Å². The van der Waals surface area contributed by atoms with Crippen LogP contribution in [0.5, 0.6) is 0 Å². The van der Waals surface area contributed by atoms with E-state index < -0.39 is 0 Å². The summed E-state index contributed by atoms with van der Waals surface area (Å²) >= 11 is 1.51. The lowest BCUT2D eigenvalue weighted by atomic mass is 10.2. The zero-order valence-electron chi connectivity index (χ0n) is 9.16. The summed E-state index contributed by atoms with van der Waals surface area (Å²) in [6.07, 6.45) is 1.64. The predicted octanol–water partition coefficient (Wildman–Crippen LogP) is 0.181. The Morgan fingerprint density at radius 3 is 3.06 bits per heavy atom. The van der Waals surface area contributed by atoms with E-state index in [1.54, 1.807) is 24.0 Å². The molecule has 3 N–H and O–H groups in total. The van der Waals surface area contributed by atoms with Crippen LogP contribution in [0.3, 0.4) is 0 Å². The highest BCUT2D eigenvalue weighted by atomic mass is 32.2. The highest BCUT2D eigenvalue weighted by molar-refractivity contribution is 7.98. The van der Waals surface area contributed by atoms with Crippen molar-refractivity contribution in [3.63, 3.8) is 0 Å². The SMILES string of the molecule is Cn1nnnc1SCc1ccnc(C(=N)N)c1. The Kier molecular flexibility index (Phi) is 3.33. The normalized spacial score (nSPS) is 10.4. The molecule has 8 heteroatoms. The van der Waals surface area contributed by atoms with Gasteiger partial charge in [-0.15, -0.1) is 5.10 Å². The van der Waals surface area contributed by atoms with Crippen molar-refractivity contribution in [2.75, 3.05) is 0 Å². The molecule has 0 aliphatic heterocycles. The fraction of sp³-hybridized carbons (Fsp3) is 0.222. The van der Waals surface area contributed by atoms with E-state index in [2.05, 4.69) is 20.5 Å². The van der Waals surface area contributed by atoms with Gasteiger partial charge in [-0.2, -0.15) is 0 Å². The molecule has 88 valence electrons. The molecule has 0 aliphatic rings. The monoisotopic (exact) mass is 249 g/mol. The third-order valence-corrected chi connectivity index (χ3v) is 3.13. The van der Waals surface area contributed by atoms with Crippen LogP contribution in [0, 0.1) is 5.41 Å². The quantitative estimate of drug-likeness (QED) is 0.455. The minimum absolute atomic E-state index is 0.0304. The van der Waals surface area contributed by atoms with Gasteiger partial charge in [0.1, 0.15) is 11.5 Å². The van der Waals surface area contributed by atoms with E-state index in [0.717, 1.165) is 10.7 Å². The van der Waals surface area contributed by atoms with Crippen molar-refractivity contribution in [2.45, 2.75) is 10.9 Å². The molecule has 0 spiro atoms. The second kappa shape index (κ2) is 4.91. The van der Waals surface area contributed by atoms with Crippen LogP contribution in [-0.4, -0.2) is 31.0 Å². The molecule has 2 aromatic rings. The van der Waals surface area contributed by atoms with Crippen LogP contribution in [0.25, 0.3) is 0 Å². The molecule has 0 saturated carbocycles. The molecule has 0 atom stereocenters. The molecule has 2 aromatic heterocycles. The third kappa shape index (κ3) is 2.78. The molecule has 0 unspecified atom stereocenters. The van der Waals surface area contributed by atoms with Crippen molar-refractivity contribution in [1.82, 2.24) is 25.2 Å². The highest BCUT2D eigenvalue weighted by Crippen LogP contribution is 2.19. The molecular weight excluding hydrogens is 238 g/mol. The average molecular weight is 249 g/mol. The molecule has 17 heavy (non-hydrogen) atoms. The zero-order valence-corrected chi connectivity index (χ0v) is 9.98. The van der Waals surface area contributed by atoms with Crippen molar-refractivity contribution in [1.29, 1.82) is 5.41 Å². The summed E-state index contributed by atoms with van der Waals surface area (Å²) in [5, 5.41) is 19.2. The number of nitrogens with two attached hydrogens (primary N) is 1. The predicted molar refractivity (Wildman–Crippen MR) is 63.6 cm³/mol. The summed E-state index contributed by atoms with van der Waals surface area (Å²) in [4.78, 5) is 4.00. The minimum Gasteiger partial charge on any atom is -0.382 e. The first-order chi connectivity index (χ1) is 8.16. The number of hydrogen-bond acceptors (Lipinski definition) is 6. The van der Waals surface area contributed by atoms with E-state index >= 15 is 0 Å². The Bertz CT molecular complexity index is 536. The van der Waals surface area contributed by atoms with Gasteiger partial charge in [0.05, 0.1) is 0 Å². The fourth-order valence-corrected chi connectivity index (χ4v) is 2.00. The zero-order chi connectivity index (χ0) is 12.3. The van der Waals surface area contributed by atoms with Crippen LogP contribution >= 0.6 is 11.8 Å². The Balaban J connectivity index is 2.07. The van der Waals surface area contributed by atoms with Gasteiger partial charge in [0, 0.05) is 19.0 Å². The number of pyridine rings is 1. The molecule has 0 bridgehead atoms. The van der Waals surface area contributed by atoms with Crippen molar-refractivity contribution in [3.8, 4) is 0 Å². The van der Waals surface area contributed by atoms with E-state index in [9.17, 15) is 0 Å². The maximum atomic E-state index is 7.31. The smallest absolute Gasteiger partial charge is 0.209 e. The maximum absolute atomic E-state index is 7.31. The van der Waals surface area contributed by atoms with E-state index in [-0.39, 0.29) is 5.84 Å². The molecule has 0 aliphatic carbocycles. The van der Waals surface area contributed by atoms with Gasteiger partial charge in [-0.05, 0) is 28.1 Å². The van der Waals surface area contributed by atoms with E-state index in [1.165, 1.54) is 11.8 Å². The van der Waals surface area contributed by atoms with Crippen LogP contribution in [-0.2, 0) is 12.8 Å². The van der Waals surface area contributed by atoms with Crippen molar-refractivity contribution >= 4 is 17.6 Å². The molecule has 0 radical (unpaired) electrons. The first kappa shape index (κ1) is 11.5. The number of aromatic nitrogens is 5. The van der Waals surface area contributed by atoms with Gasteiger partial charge in [0.25, 0.3) is 0 Å². The summed E-state index contributed by atoms with van der Waals surface area (Å²) in [6.45, 7) is 0. The van der Waals surface area contributed by atoms with Crippen LogP contribution in [0.15, 0.2) is 23.5 Å². The number of nitrogens with one attached hydrogen (secondary N) is 1. The van der Waals surface area contributed by atoms with Gasteiger partial charge < -0.3 is 5.73 Å². The first-order valence-electron chi connectivity index (χ1n) is 4.81. The van der Waals surface area contributed by atoms with Crippen LogP contribution in [0.1, 0.15) is 11.3 Å². The number of tetrazole rings is 1. The molecule has 0 amide bonds. The topological polar surface area (TPSA) is 106 Å². The van der Waals surface area contributed by atoms with Crippen molar-refractivity contribution < 1.29 is 0 Å². The summed E-state index contributed by atoms with van der Waals surface area (Å²) in [5.41, 5.74) is 6.89. The first-order valence-corrected chi connectivity index (χ1v) is 5.80. The average Bonchev–Trinajstić information content (AvgIpc) is 2.72. The van der Waals surface area contributed by atoms with E-state index in [0.29, 0.717) is 11.4 Å². The number of aryl methyl sites for hydroxylation is 1. The van der Waals surface area contributed by atoms with Gasteiger partial charge in [-0.3, -0.25) is 10.4 Å². The molecular formula is C9H11N7S. The van der Waals surface area contributed by atoms with E-state index in [4.69, 9.17) is 11.1 Å². The molecule has 0 aromatic carbocycles. The molecule has 2 heterocycles. The van der Waals surface area contributed by atoms with Gasteiger partial charge in [0.15, 0.2) is 0 Å². The lowest BCUT2D eigenvalue weighted by Gasteiger charge is -2.02. The fourth-order valence-electron chi connectivity index (χ4n) is 1.20. The maximum Gasteiger partial charge on any atom is 0.209 e. The lowest BCUT2D eigenvalue weighted by Crippen LogP contribution is -2.13. The van der Waals surface area contributed by atoms with Crippen molar-refractivity contribution in [3.05, 3.63) is 29.6 Å². The Morgan fingerprint density at radius 1 is 1.59 bits per heavy atom. The summed E-state index contributed by atoms with van der Waals surface area (Å²) < 4.78 is 1.61. The van der Waals surface area contributed by atoms with Gasteiger partial charge in [-0.25, -0.2) is 4.68 Å². The summed E-state index contributed by atoms with van der Waals surface area (Å²) in [5.74, 6) is 0.675. The minimum atomic E-state index is -0.0304. The molecule has 0 fully saturated rings. The number of hydrogen-bond donors (Lipinski definition) is 2. The van der Waals surface area contributed by atoms with Crippen LogP contribution in [0.2, 0.25) is 0 Å². The largest absolute Gasteiger partial charge is 0.382 e.